The Morgan fingerprint density at radius 3 is 2.53 bits per heavy atom. The molecule has 2 rings (SSSR count). The van der Waals surface area contributed by atoms with Crippen molar-refractivity contribution in [2.75, 3.05) is 19.9 Å². The Hall–Kier alpha value is -0.740. The van der Waals surface area contributed by atoms with E-state index in [9.17, 15) is 4.39 Å². The Morgan fingerprint density at radius 1 is 1.32 bits per heavy atom. The van der Waals surface area contributed by atoms with E-state index in [2.05, 4.69) is 0 Å². The first-order chi connectivity index (χ1) is 9.16. The Labute approximate surface area is 118 Å². The number of nitrogens with two attached hydrogens (primary N) is 1. The summed E-state index contributed by atoms with van der Waals surface area (Å²) in [6.45, 7) is 0.556. The van der Waals surface area contributed by atoms with E-state index in [0.29, 0.717) is 6.54 Å². The molecule has 0 saturated heterocycles. The van der Waals surface area contributed by atoms with Gasteiger partial charge in [-0.05, 0) is 31.2 Å². The minimum Gasteiger partial charge on any atom is -0.495 e. The summed E-state index contributed by atoms with van der Waals surface area (Å²) in [4.78, 5) is 0.857. The van der Waals surface area contributed by atoms with Gasteiger partial charge in [-0.25, -0.2) is 4.39 Å². The van der Waals surface area contributed by atoms with Crippen LogP contribution in [-0.4, -0.2) is 19.9 Å². The van der Waals surface area contributed by atoms with Gasteiger partial charge in [0.2, 0.25) is 0 Å². The average Bonchev–Trinajstić information content (AvgIpc) is 2.46. The van der Waals surface area contributed by atoms with E-state index in [1.54, 1.807) is 19.2 Å². The highest BCUT2D eigenvalue weighted by Crippen LogP contribution is 2.45. The molecule has 1 aliphatic rings. The Bertz CT molecular complexity index is 444. The molecule has 0 amide bonds. The van der Waals surface area contributed by atoms with Crippen molar-refractivity contribution < 1.29 is 9.13 Å². The molecule has 2 nitrogen and oxygen atoms in total. The number of methoxy groups -OCH3 is 1. The van der Waals surface area contributed by atoms with E-state index in [1.807, 2.05) is 6.26 Å². The summed E-state index contributed by atoms with van der Waals surface area (Å²) in [7, 11) is 1.66. The molecule has 0 bridgehead atoms. The quantitative estimate of drug-likeness (QED) is 0.855. The zero-order valence-electron chi connectivity index (χ0n) is 11.7. The molecular formula is C15H22FNOS. The Kier molecular flexibility index (Phi) is 4.74. The van der Waals surface area contributed by atoms with Crippen LogP contribution in [-0.2, 0) is 5.41 Å². The van der Waals surface area contributed by atoms with Crippen molar-refractivity contribution in [3.63, 3.8) is 0 Å². The van der Waals surface area contributed by atoms with Crippen molar-refractivity contribution in [1.29, 1.82) is 0 Å². The molecule has 106 valence electrons. The number of halogens is 1. The molecule has 1 aliphatic carbocycles. The van der Waals surface area contributed by atoms with Crippen molar-refractivity contribution in [2.24, 2.45) is 5.73 Å². The second-order valence-corrected chi connectivity index (χ2v) is 6.08. The van der Waals surface area contributed by atoms with Crippen molar-refractivity contribution in [3.8, 4) is 5.75 Å². The molecule has 1 aromatic rings. The molecule has 1 fully saturated rings. The van der Waals surface area contributed by atoms with Crippen LogP contribution in [0.4, 0.5) is 4.39 Å². The van der Waals surface area contributed by atoms with E-state index < -0.39 is 0 Å². The minimum absolute atomic E-state index is 0.115. The number of benzene rings is 1. The molecule has 0 aliphatic heterocycles. The maximum Gasteiger partial charge on any atom is 0.136 e. The molecule has 0 spiro atoms. The summed E-state index contributed by atoms with van der Waals surface area (Å²) in [6.07, 6.45) is 7.55. The third-order valence-electron chi connectivity index (χ3n) is 4.22. The molecule has 1 saturated carbocycles. The highest BCUT2D eigenvalue weighted by atomic mass is 32.2. The van der Waals surface area contributed by atoms with Crippen LogP contribution in [0.15, 0.2) is 17.0 Å². The van der Waals surface area contributed by atoms with Crippen LogP contribution in [0.25, 0.3) is 0 Å². The van der Waals surface area contributed by atoms with E-state index in [-0.39, 0.29) is 11.2 Å². The average molecular weight is 283 g/mol. The summed E-state index contributed by atoms with van der Waals surface area (Å²) < 4.78 is 19.4. The van der Waals surface area contributed by atoms with Gasteiger partial charge in [0.05, 0.1) is 12.0 Å². The molecule has 0 unspecified atom stereocenters. The Balaban J connectivity index is 2.55. The number of thioether (sulfide) groups is 1. The van der Waals surface area contributed by atoms with Crippen LogP contribution in [0, 0.1) is 5.82 Å². The largest absolute Gasteiger partial charge is 0.495 e. The normalized spacial score (nSPS) is 18.3. The first kappa shape index (κ1) is 14.7. The monoisotopic (exact) mass is 283 g/mol. The lowest BCUT2D eigenvalue weighted by Gasteiger charge is -2.38. The summed E-state index contributed by atoms with van der Waals surface area (Å²) in [5, 5.41) is 0. The van der Waals surface area contributed by atoms with Crippen LogP contribution in [0.1, 0.15) is 37.7 Å². The number of ether oxygens (including phenoxy) is 1. The maximum absolute atomic E-state index is 13.9. The highest BCUT2D eigenvalue weighted by molar-refractivity contribution is 7.98. The molecule has 0 aromatic heterocycles. The van der Waals surface area contributed by atoms with E-state index in [4.69, 9.17) is 10.5 Å². The molecule has 4 heteroatoms. The molecule has 0 atom stereocenters. The fourth-order valence-electron chi connectivity index (χ4n) is 3.14. The van der Waals surface area contributed by atoms with Gasteiger partial charge in [0.25, 0.3) is 0 Å². The number of rotatable bonds is 4. The number of hydrogen-bond donors (Lipinski definition) is 1. The molecule has 19 heavy (non-hydrogen) atoms. The van der Waals surface area contributed by atoms with Crippen molar-refractivity contribution in [2.45, 2.75) is 42.4 Å². The van der Waals surface area contributed by atoms with Gasteiger partial charge in [-0.2, -0.15) is 0 Å². The van der Waals surface area contributed by atoms with Crippen LogP contribution < -0.4 is 10.5 Å². The third-order valence-corrected chi connectivity index (χ3v) is 4.96. The van der Waals surface area contributed by atoms with Gasteiger partial charge in [-0.3, -0.25) is 0 Å². The summed E-state index contributed by atoms with van der Waals surface area (Å²) in [6, 6.07) is 3.16. The standard InChI is InChI=1S/C15H22FNOS/c1-18-14-12(8-11(16)9-13(14)19-2)15(10-17)6-4-3-5-7-15/h8-9H,3-7,10,17H2,1-2H3. The number of hydrogen-bond acceptors (Lipinski definition) is 3. The summed E-state index contributed by atoms with van der Waals surface area (Å²) >= 11 is 1.52. The third kappa shape index (κ3) is 2.75. The Morgan fingerprint density at radius 2 is 2.00 bits per heavy atom. The van der Waals surface area contributed by atoms with Gasteiger partial charge >= 0.3 is 0 Å². The van der Waals surface area contributed by atoms with Gasteiger partial charge < -0.3 is 10.5 Å². The molecule has 2 N–H and O–H groups in total. The van der Waals surface area contributed by atoms with E-state index >= 15 is 0 Å². The van der Waals surface area contributed by atoms with Gasteiger partial charge in [0, 0.05) is 17.5 Å². The predicted molar refractivity (Wildman–Crippen MR) is 78.6 cm³/mol. The van der Waals surface area contributed by atoms with Crippen molar-refractivity contribution in [3.05, 3.63) is 23.5 Å². The van der Waals surface area contributed by atoms with Gasteiger partial charge in [0.1, 0.15) is 11.6 Å². The van der Waals surface area contributed by atoms with Crippen LogP contribution in [0.2, 0.25) is 0 Å². The SMILES string of the molecule is COc1c(SC)cc(F)cc1C1(CN)CCCCC1. The van der Waals surface area contributed by atoms with E-state index in [1.165, 1.54) is 18.2 Å². The smallest absolute Gasteiger partial charge is 0.136 e. The topological polar surface area (TPSA) is 35.2 Å². The summed E-state index contributed by atoms with van der Waals surface area (Å²) in [5.74, 6) is 0.611. The fraction of sp³-hybridized carbons (Fsp3) is 0.600. The summed E-state index contributed by atoms with van der Waals surface area (Å²) in [5.41, 5.74) is 6.90. The lowest BCUT2D eigenvalue weighted by Crippen LogP contribution is -2.37. The lowest BCUT2D eigenvalue weighted by molar-refractivity contribution is 0.284. The van der Waals surface area contributed by atoms with E-state index in [0.717, 1.165) is 41.9 Å². The van der Waals surface area contributed by atoms with Gasteiger partial charge in [-0.1, -0.05) is 19.3 Å². The first-order valence-corrected chi connectivity index (χ1v) is 8.01. The van der Waals surface area contributed by atoms with Crippen LogP contribution >= 0.6 is 11.8 Å². The van der Waals surface area contributed by atoms with Crippen LogP contribution in [0.5, 0.6) is 5.75 Å². The van der Waals surface area contributed by atoms with Gasteiger partial charge in [-0.15, -0.1) is 11.8 Å². The molecule has 1 aromatic carbocycles. The van der Waals surface area contributed by atoms with Crippen molar-refractivity contribution in [1.82, 2.24) is 0 Å². The second-order valence-electron chi connectivity index (χ2n) is 5.23. The molecule has 0 heterocycles. The zero-order chi connectivity index (χ0) is 13.9. The minimum atomic E-state index is -0.196. The zero-order valence-corrected chi connectivity index (χ0v) is 12.5. The molecule has 0 radical (unpaired) electrons. The molecular weight excluding hydrogens is 261 g/mol. The fourth-order valence-corrected chi connectivity index (χ4v) is 3.75. The second kappa shape index (κ2) is 6.14. The van der Waals surface area contributed by atoms with Crippen molar-refractivity contribution >= 4 is 11.8 Å². The first-order valence-electron chi connectivity index (χ1n) is 6.79. The van der Waals surface area contributed by atoms with Crippen LogP contribution in [0.3, 0.4) is 0 Å². The predicted octanol–water partition coefficient (Wildman–Crippen LogP) is 3.72. The lowest BCUT2D eigenvalue weighted by atomic mass is 9.69. The van der Waals surface area contributed by atoms with Gasteiger partial charge in [0.15, 0.2) is 0 Å². The maximum atomic E-state index is 13.9. The highest BCUT2D eigenvalue weighted by Gasteiger charge is 2.36.